The lowest BCUT2D eigenvalue weighted by Gasteiger charge is -2.22. The van der Waals surface area contributed by atoms with E-state index in [1.54, 1.807) is 12.1 Å². The van der Waals surface area contributed by atoms with E-state index in [1.807, 2.05) is 0 Å². The van der Waals surface area contributed by atoms with Gasteiger partial charge in [-0.25, -0.2) is 4.39 Å². The molecule has 0 aromatic heterocycles. The summed E-state index contributed by atoms with van der Waals surface area (Å²) < 4.78 is 12.7. The molecule has 94 valence electrons. The van der Waals surface area contributed by atoms with Crippen LogP contribution in [-0.2, 0) is 0 Å². The van der Waals surface area contributed by atoms with Crippen molar-refractivity contribution in [2.75, 3.05) is 0 Å². The minimum absolute atomic E-state index is 0.242. The number of aliphatic hydroxyl groups is 1. The van der Waals surface area contributed by atoms with E-state index >= 15 is 0 Å². The first-order valence-corrected chi connectivity index (χ1v) is 6.69. The Bertz CT molecular complexity index is 327. The molecule has 1 aromatic carbocycles. The van der Waals surface area contributed by atoms with Crippen molar-refractivity contribution in [2.24, 2.45) is 5.92 Å². The largest absolute Gasteiger partial charge is 0.388 e. The van der Waals surface area contributed by atoms with Gasteiger partial charge in [-0.05, 0) is 36.5 Å². The molecule has 1 unspecified atom stereocenters. The van der Waals surface area contributed by atoms with Gasteiger partial charge >= 0.3 is 0 Å². The predicted octanol–water partition coefficient (Wildman–Crippen LogP) is 4.22. The van der Waals surface area contributed by atoms with Crippen LogP contribution in [0.3, 0.4) is 0 Å². The van der Waals surface area contributed by atoms with Crippen molar-refractivity contribution >= 4 is 0 Å². The number of benzene rings is 1. The van der Waals surface area contributed by atoms with Crippen LogP contribution >= 0.6 is 0 Å². The maximum atomic E-state index is 12.7. The Labute approximate surface area is 103 Å². The third-order valence-corrected chi connectivity index (χ3v) is 3.83. The van der Waals surface area contributed by atoms with Crippen LogP contribution in [0.5, 0.6) is 0 Å². The van der Waals surface area contributed by atoms with Gasteiger partial charge < -0.3 is 5.11 Å². The normalized spacial score (nSPS) is 19.2. The second kappa shape index (κ2) is 6.15. The standard InChI is InChI=1S/C15H21FO/c16-14-9-7-13(8-10-14)15(17)11-6-12-4-2-1-3-5-12/h7-10,12,15,17H,1-6,11H2. The van der Waals surface area contributed by atoms with Gasteiger partial charge in [0.2, 0.25) is 0 Å². The maximum absolute atomic E-state index is 12.7. The molecule has 2 rings (SSSR count). The summed E-state index contributed by atoms with van der Waals surface area (Å²) in [5, 5.41) is 10.0. The minimum atomic E-state index is -0.433. The minimum Gasteiger partial charge on any atom is -0.388 e. The lowest BCUT2D eigenvalue weighted by atomic mass is 9.85. The Kier molecular flexibility index (Phi) is 4.55. The molecule has 0 bridgehead atoms. The highest BCUT2D eigenvalue weighted by atomic mass is 19.1. The van der Waals surface area contributed by atoms with Gasteiger partial charge in [0.05, 0.1) is 6.10 Å². The smallest absolute Gasteiger partial charge is 0.123 e. The average Bonchev–Trinajstić information content (AvgIpc) is 2.38. The maximum Gasteiger partial charge on any atom is 0.123 e. The van der Waals surface area contributed by atoms with E-state index in [9.17, 15) is 9.50 Å². The summed E-state index contributed by atoms with van der Waals surface area (Å²) in [7, 11) is 0. The Morgan fingerprint density at radius 3 is 2.41 bits per heavy atom. The number of hydrogen-bond donors (Lipinski definition) is 1. The zero-order valence-electron chi connectivity index (χ0n) is 10.2. The van der Waals surface area contributed by atoms with Gasteiger partial charge in [-0.1, -0.05) is 44.2 Å². The van der Waals surface area contributed by atoms with Crippen molar-refractivity contribution in [1.82, 2.24) is 0 Å². The van der Waals surface area contributed by atoms with Crippen molar-refractivity contribution < 1.29 is 9.50 Å². The fourth-order valence-electron chi connectivity index (χ4n) is 2.72. The fourth-order valence-corrected chi connectivity index (χ4v) is 2.72. The van der Waals surface area contributed by atoms with Crippen molar-refractivity contribution in [3.8, 4) is 0 Å². The van der Waals surface area contributed by atoms with Crippen LogP contribution in [0.25, 0.3) is 0 Å². The van der Waals surface area contributed by atoms with Crippen LogP contribution in [-0.4, -0.2) is 5.11 Å². The molecule has 2 heteroatoms. The second-order valence-electron chi connectivity index (χ2n) is 5.15. The van der Waals surface area contributed by atoms with E-state index in [1.165, 1.54) is 44.2 Å². The summed E-state index contributed by atoms with van der Waals surface area (Å²) >= 11 is 0. The molecule has 1 aliphatic rings. The highest BCUT2D eigenvalue weighted by molar-refractivity contribution is 5.18. The van der Waals surface area contributed by atoms with Crippen LogP contribution < -0.4 is 0 Å². The molecule has 0 radical (unpaired) electrons. The molecule has 1 atom stereocenters. The highest BCUT2D eigenvalue weighted by Crippen LogP contribution is 2.30. The molecule has 1 saturated carbocycles. The number of halogens is 1. The quantitative estimate of drug-likeness (QED) is 0.829. The van der Waals surface area contributed by atoms with Crippen LogP contribution in [0.1, 0.15) is 56.6 Å². The SMILES string of the molecule is OC(CCC1CCCCC1)c1ccc(F)cc1. The van der Waals surface area contributed by atoms with E-state index in [0.29, 0.717) is 0 Å². The van der Waals surface area contributed by atoms with Gasteiger partial charge in [-0.15, -0.1) is 0 Å². The Morgan fingerprint density at radius 1 is 1.12 bits per heavy atom. The first-order valence-electron chi connectivity index (χ1n) is 6.69. The van der Waals surface area contributed by atoms with Gasteiger partial charge in [0.1, 0.15) is 5.82 Å². The summed E-state index contributed by atoms with van der Waals surface area (Å²) in [5.41, 5.74) is 0.835. The molecule has 1 fully saturated rings. The molecule has 1 aliphatic carbocycles. The monoisotopic (exact) mass is 236 g/mol. The Morgan fingerprint density at radius 2 is 1.76 bits per heavy atom. The molecule has 1 aromatic rings. The topological polar surface area (TPSA) is 20.2 Å². The van der Waals surface area contributed by atoms with Crippen molar-refractivity contribution in [3.63, 3.8) is 0 Å². The summed E-state index contributed by atoms with van der Waals surface area (Å²) in [4.78, 5) is 0. The summed E-state index contributed by atoms with van der Waals surface area (Å²) in [5.74, 6) is 0.548. The van der Waals surface area contributed by atoms with E-state index in [2.05, 4.69) is 0 Å². The van der Waals surface area contributed by atoms with Crippen LogP contribution in [0.4, 0.5) is 4.39 Å². The van der Waals surface area contributed by atoms with Crippen molar-refractivity contribution in [1.29, 1.82) is 0 Å². The Hall–Kier alpha value is -0.890. The number of rotatable bonds is 4. The molecule has 0 spiro atoms. The molecule has 0 saturated heterocycles. The van der Waals surface area contributed by atoms with Crippen LogP contribution in [0.15, 0.2) is 24.3 Å². The fraction of sp³-hybridized carbons (Fsp3) is 0.600. The first kappa shape index (κ1) is 12.6. The molecule has 0 heterocycles. The molecular formula is C15H21FO. The molecule has 0 amide bonds. The molecule has 1 N–H and O–H groups in total. The third-order valence-electron chi connectivity index (χ3n) is 3.83. The summed E-state index contributed by atoms with van der Waals surface area (Å²) in [6, 6.07) is 6.19. The predicted molar refractivity (Wildman–Crippen MR) is 67.2 cm³/mol. The van der Waals surface area contributed by atoms with Gasteiger partial charge in [0.25, 0.3) is 0 Å². The molecular weight excluding hydrogens is 215 g/mol. The van der Waals surface area contributed by atoms with Gasteiger partial charge in [-0.2, -0.15) is 0 Å². The van der Waals surface area contributed by atoms with Gasteiger partial charge in [0, 0.05) is 0 Å². The zero-order valence-corrected chi connectivity index (χ0v) is 10.2. The summed E-state index contributed by atoms with van der Waals surface area (Å²) in [6.45, 7) is 0. The number of hydrogen-bond acceptors (Lipinski definition) is 1. The van der Waals surface area contributed by atoms with E-state index < -0.39 is 6.10 Å². The van der Waals surface area contributed by atoms with Gasteiger partial charge in [-0.3, -0.25) is 0 Å². The Balaban J connectivity index is 1.80. The first-order chi connectivity index (χ1) is 8.25. The summed E-state index contributed by atoms with van der Waals surface area (Å²) in [6.07, 6.45) is 8.16. The molecule has 1 nitrogen and oxygen atoms in total. The van der Waals surface area contributed by atoms with E-state index in [0.717, 1.165) is 24.3 Å². The van der Waals surface area contributed by atoms with E-state index in [-0.39, 0.29) is 5.82 Å². The van der Waals surface area contributed by atoms with Crippen molar-refractivity contribution in [2.45, 2.75) is 51.0 Å². The average molecular weight is 236 g/mol. The highest BCUT2D eigenvalue weighted by Gasteiger charge is 2.15. The third kappa shape index (κ3) is 3.81. The van der Waals surface area contributed by atoms with E-state index in [4.69, 9.17) is 0 Å². The van der Waals surface area contributed by atoms with Gasteiger partial charge in [0.15, 0.2) is 0 Å². The molecule has 0 aliphatic heterocycles. The lowest BCUT2D eigenvalue weighted by molar-refractivity contribution is 0.151. The second-order valence-corrected chi connectivity index (χ2v) is 5.15. The number of aliphatic hydroxyl groups excluding tert-OH is 1. The van der Waals surface area contributed by atoms with Crippen molar-refractivity contribution in [3.05, 3.63) is 35.6 Å². The van der Waals surface area contributed by atoms with Crippen LogP contribution in [0.2, 0.25) is 0 Å². The molecule has 17 heavy (non-hydrogen) atoms. The lowest BCUT2D eigenvalue weighted by Crippen LogP contribution is -2.08. The zero-order chi connectivity index (χ0) is 12.1. The van der Waals surface area contributed by atoms with Crippen LogP contribution in [0, 0.1) is 11.7 Å².